The first-order valence-corrected chi connectivity index (χ1v) is 9.34. The van der Waals surface area contributed by atoms with Gasteiger partial charge in [0.25, 0.3) is 0 Å². The molecule has 0 saturated carbocycles. The van der Waals surface area contributed by atoms with E-state index in [0.717, 1.165) is 22.5 Å². The molecule has 0 radical (unpaired) electrons. The first-order chi connectivity index (χ1) is 12.9. The number of amidine groups is 1. The minimum absolute atomic E-state index is 0.221. The van der Waals surface area contributed by atoms with Gasteiger partial charge in [0, 0.05) is 4.47 Å². The van der Waals surface area contributed by atoms with E-state index in [9.17, 15) is 13.2 Å². The average Bonchev–Trinajstić information content (AvgIpc) is 2.66. The molecule has 1 N–H and O–H groups in total. The van der Waals surface area contributed by atoms with Gasteiger partial charge in [0.05, 0.1) is 31.2 Å². The number of nitrogens with zero attached hydrogens (tertiary/aromatic N) is 1. The molecule has 0 spiro atoms. The quantitative estimate of drug-likeness (QED) is 0.710. The minimum Gasteiger partial charge on any atom is -0.496 e. The average molecular weight is 440 g/mol. The van der Waals surface area contributed by atoms with E-state index in [1.807, 2.05) is 12.1 Å². The van der Waals surface area contributed by atoms with E-state index >= 15 is 0 Å². The predicted molar refractivity (Wildman–Crippen MR) is 104 cm³/mol. The Morgan fingerprint density at radius 1 is 1.19 bits per heavy atom. The molecule has 1 aliphatic heterocycles. The van der Waals surface area contributed by atoms with Gasteiger partial charge in [0.15, 0.2) is 6.21 Å². The van der Waals surface area contributed by atoms with Gasteiger partial charge in [-0.2, -0.15) is 13.2 Å². The lowest BCUT2D eigenvalue weighted by atomic mass is 9.93. The molecule has 2 aromatic rings. The minimum atomic E-state index is -4.42. The van der Waals surface area contributed by atoms with Crippen LogP contribution in [0.4, 0.5) is 13.2 Å². The third kappa shape index (κ3) is 4.54. The van der Waals surface area contributed by atoms with Crippen LogP contribution in [0.25, 0.3) is 0 Å². The molecule has 2 aromatic carbocycles. The number of alkyl halides is 3. The number of aryl methyl sites for hydroxylation is 1. The Labute approximate surface area is 164 Å². The van der Waals surface area contributed by atoms with Crippen LogP contribution >= 0.6 is 15.9 Å². The zero-order valence-electron chi connectivity index (χ0n) is 14.7. The fraction of sp³-hybridized carbons (Fsp3) is 0.300. The Balaban J connectivity index is 2.03. The molecule has 0 aliphatic carbocycles. The first kappa shape index (κ1) is 19.5. The zero-order valence-corrected chi connectivity index (χ0v) is 16.3. The molecule has 3 rings (SSSR count). The summed E-state index contributed by atoms with van der Waals surface area (Å²) in [7, 11) is 1.55. The Kier molecular flexibility index (Phi) is 5.92. The second-order valence-corrected chi connectivity index (χ2v) is 7.08. The van der Waals surface area contributed by atoms with Crippen LogP contribution in [-0.4, -0.2) is 25.7 Å². The Bertz CT molecular complexity index is 903. The Hall–Kier alpha value is -2.24. The van der Waals surface area contributed by atoms with Crippen LogP contribution in [0.5, 0.6) is 5.75 Å². The number of hydrogen-bond acceptors (Lipinski definition) is 2. The van der Waals surface area contributed by atoms with E-state index in [-0.39, 0.29) is 12.0 Å². The molecule has 0 atom stereocenters. The molecule has 142 valence electrons. The summed E-state index contributed by atoms with van der Waals surface area (Å²) in [5.74, 6) is 1.15. The van der Waals surface area contributed by atoms with Crippen molar-refractivity contribution in [2.45, 2.75) is 25.4 Å². The van der Waals surface area contributed by atoms with Crippen LogP contribution in [0.3, 0.4) is 0 Å². The van der Waals surface area contributed by atoms with Crippen molar-refractivity contribution in [1.82, 2.24) is 9.98 Å². The molecule has 0 bridgehead atoms. The highest BCUT2D eigenvalue weighted by Gasteiger charge is 2.35. The van der Waals surface area contributed by atoms with E-state index in [1.165, 1.54) is 6.07 Å². The molecular weight excluding hydrogens is 421 g/mol. The molecule has 0 amide bonds. The van der Waals surface area contributed by atoms with Crippen LogP contribution in [0, 0.1) is 0 Å². The van der Waals surface area contributed by atoms with Crippen LogP contribution in [0.2, 0.25) is 0 Å². The van der Waals surface area contributed by atoms with Gasteiger partial charge in [-0.1, -0.05) is 22.0 Å². The summed E-state index contributed by atoms with van der Waals surface area (Å²) in [5, 5.41) is 3.10. The van der Waals surface area contributed by atoms with Crippen molar-refractivity contribution >= 4 is 28.0 Å². The second-order valence-electron chi connectivity index (χ2n) is 6.16. The van der Waals surface area contributed by atoms with Crippen molar-refractivity contribution in [2.75, 3.05) is 13.7 Å². The second kappa shape index (κ2) is 8.19. The maximum Gasteiger partial charge on any atom is 0.416 e. The predicted octanol–water partition coefficient (Wildman–Crippen LogP) is 4.14. The third-order valence-corrected chi connectivity index (χ3v) is 4.90. The Morgan fingerprint density at radius 2 is 2.00 bits per heavy atom. The fourth-order valence-corrected chi connectivity index (χ4v) is 3.58. The molecule has 0 fully saturated rings. The van der Waals surface area contributed by atoms with Gasteiger partial charge >= 0.3 is 12.0 Å². The third-order valence-electron chi connectivity index (χ3n) is 4.41. The van der Waals surface area contributed by atoms with E-state index in [4.69, 9.17) is 4.74 Å². The van der Waals surface area contributed by atoms with Crippen LogP contribution in [-0.2, 0) is 19.0 Å². The number of benzene rings is 2. The molecule has 1 aliphatic rings. The number of ether oxygens (including phenoxy) is 1. The van der Waals surface area contributed by atoms with Gasteiger partial charge < -0.3 is 4.74 Å². The van der Waals surface area contributed by atoms with Crippen molar-refractivity contribution in [3.63, 3.8) is 0 Å². The van der Waals surface area contributed by atoms with Gasteiger partial charge in [-0.25, -0.2) is 4.67 Å². The highest BCUT2D eigenvalue weighted by molar-refractivity contribution is 9.10. The smallest absolute Gasteiger partial charge is 0.416 e. The summed E-state index contributed by atoms with van der Waals surface area (Å²) in [4.78, 5) is 0. The molecular formula is C20H19BrF3N2O+. The van der Waals surface area contributed by atoms with Crippen molar-refractivity contribution < 1.29 is 17.9 Å². The van der Waals surface area contributed by atoms with Crippen molar-refractivity contribution in [3.8, 4) is 5.75 Å². The number of halogens is 4. The maximum absolute atomic E-state index is 13.6. The lowest BCUT2D eigenvalue weighted by Gasteiger charge is -2.16. The maximum atomic E-state index is 13.6. The number of methoxy groups -OCH3 is 1. The Morgan fingerprint density at radius 3 is 2.67 bits per heavy atom. The van der Waals surface area contributed by atoms with Gasteiger partial charge in [0.2, 0.25) is 0 Å². The summed E-state index contributed by atoms with van der Waals surface area (Å²) in [5.41, 5.74) is 0.965. The first-order valence-electron chi connectivity index (χ1n) is 8.55. The van der Waals surface area contributed by atoms with Crippen molar-refractivity contribution in [3.05, 3.63) is 63.1 Å². The highest BCUT2D eigenvalue weighted by atomic mass is 79.9. The van der Waals surface area contributed by atoms with Gasteiger partial charge in [0.1, 0.15) is 5.75 Å². The SMILES string of the molecule is COc1ccc(Br)cc1CCc1c(C2=[N+]=CCCN2)cccc1C(F)(F)F. The molecule has 27 heavy (non-hydrogen) atoms. The zero-order chi connectivity index (χ0) is 19.4. The van der Waals surface area contributed by atoms with Crippen LogP contribution in [0.1, 0.15) is 28.7 Å². The lowest BCUT2D eigenvalue weighted by Crippen LogP contribution is -2.33. The van der Waals surface area contributed by atoms with Crippen molar-refractivity contribution in [1.29, 1.82) is 0 Å². The van der Waals surface area contributed by atoms with Crippen LogP contribution < -0.4 is 14.7 Å². The van der Waals surface area contributed by atoms with Crippen molar-refractivity contribution in [2.24, 2.45) is 0 Å². The van der Waals surface area contributed by atoms with E-state index in [1.54, 1.807) is 25.5 Å². The lowest BCUT2D eigenvalue weighted by molar-refractivity contribution is -0.138. The summed E-state index contributed by atoms with van der Waals surface area (Å²) in [6, 6.07) is 9.77. The summed E-state index contributed by atoms with van der Waals surface area (Å²) < 4.78 is 51.4. The van der Waals surface area contributed by atoms with E-state index in [2.05, 4.69) is 25.9 Å². The molecule has 0 aromatic heterocycles. The standard InChI is InChI=1S/C20H18BrF3N2O/c1-27-18-9-7-14(21)12-13(18)6-8-15-16(19-25-10-3-11-26-19)4-2-5-17(15)20(22,23)24/h2,4-5,7,9-10,12H,3,6,8,11H2,1H3/p+1. The topological polar surface area (TPSA) is 35.4 Å². The molecule has 0 unspecified atom stereocenters. The normalized spacial score (nSPS) is 13.9. The summed E-state index contributed by atoms with van der Waals surface area (Å²) >= 11 is 3.41. The fourth-order valence-electron chi connectivity index (χ4n) is 3.17. The monoisotopic (exact) mass is 439 g/mol. The molecule has 1 heterocycles. The van der Waals surface area contributed by atoms with E-state index < -0.39 is 11.7 Å². The van der Waals surface area contributed by atoms with Crippen LogP contribution in [0.15, 0.2) is 40.9 Å². The van der Waals surface area contributed by atoms with E-state index in [0.29, 0.717) is 30.1 Å². The van der Waals surface area contributed by atoms with Gasteiger partial charge in [-0.3, -0.25) is 5.32 Å². The highest BCUT2D eigenvalue weighted by Crippen LogP contribution is 2.35. The molecule has 0 saturated heterocycles. The molecule has 3 nitrogen and oxygen atoms in total. The summed E-state index contributed by atoms with van der Waals surface area (Å²) in [6.07, 6.45) is -1.30. The largest absolute Gasteiger partial charge is 0.496 e. The number of nitrogens with one attached hydrogen (secondary N) is 1. The number of hydrogen-bond donors (Lipinski definition) is 1. The molecule has 7 heteroatoms. The summed E-state index contributed by atoms with van der Waals surface area (Å²) in [6.45, 7) is 0.661. The number of rotatable bonds is 5. The van der Waals surface area contributed by atoms with Gasteiger partial charge in [-0.05, 0) is 54.3 Å². The van der Waals surface area contributed by atoms with Gasteiger partial charge in [-0.15, -0.1) is 0 Å².